The highest BCUT2D eigenvalue weighted by atomic mass is 32.2. The molecule has 86 valence electrons. The van der Waals surface area contributed by atoms with Gasteiger partial charge in [-0.1, -0.05) is 34.1 Å². The molecule has 0 aromatic carbocycles. The Labute approximate surface area is 87.7 Å². The van der Waals surface area contributed by atoms with Crippen LogP contribution in [-0.4, -0.2) is 18.7 Å². The van der Waals surface area contributed by atoms with Gasteiger partial charge in [0.2, 0.25) is 0 Å². The van der Waals surface area contributed by atoms with Gasteiger partial charge in [0, 0.05) is 0 Å². The standard InChI is InChI=1S/C10H22O3S/c1-9(8-14(11,12)13)6-5-7-10(2,3)4/h9H,5-8H2,1-4H3,(H,11,12,13). The lowest BCUT2D eigenvalue weighted by Crippen LogP contribution is -2.13. The van der Waals surface area contributed by atoms with Gasteiger partial charge >= 0.3 is 0 Å². The van der Waals surface area contributed by atoms with Crippen molar-refractivity contribution < 1.29 is 13.0 Å². The Morgan fingerprint density at radius 3 is 2.14 bits per heavy atom. The van der Waals surface area contributed by atoms with Crippen molar-refractivity contribution in [2.75, 3.05) is 5.75 Å². The molecule has 1 unspecified atom stereocenters. The van der Waals surface area contributed by atoms with Crippen molar-refractivity contribution in [2.45, 2.75) is 47.0 Å². The van der Waals surface area contributed by atoms with E-state index in [9.17, 15) is 8.42 Å². The zero-order valence-electron chi connectivity index (χ0n) is 9.58. The quantitative estimate of drug-likeness (QED) is 0.728. The second-order valence-corrected chi connectivity index (χ2v) is 6.80. The highest BCUT2D eigenvalue weighted by molar-refractivity contribution is 7.85. The van der Waals surface area contributed by atoms with Gasteiger partial charge in [0.25, 0.3) is 10.1 Å². The first-order valence-electron chi connectivity index (χ1n) is 5.05. The summed E-state index contributed by atoms with van der Waals surface area (Å²) in [5.74, 6) is -0.0655. The summed E-state index contributed by atoms with van der Waals surface area (Å²) in [6, 6.07) is 0. The lowest BCUT2D eigenvalue weighted by Gasteiger charge is -2.18. The van der Waals surface area contributed by atoms with Crippen molar-refractivity contribution in [3.63, 3.8) is 0 Å². The minimum absolute atomic E-state index is 0.0485. The Bertz CT molecular complexity index is 249. The maximum Gasteiger partial charge on any atom is 0.265 e. The van der Waals surface area contributed by atoms with E-state index < -0.39 is 10.1 Å². The zero-order chi connectivity index (χ0) is 11.4. The molecule has 0 radical (unpaired) electrons. The molecule has 1 N–H and O–H groups in total. The fraction of sp³-hybridized carbons (Fsp3) is 1.00. The van der Waals surface area contributed by atoms with Gasteiger partial charge in [-0.3, -0.25) is 4.55 Å². The predicted octanol–water partition coefficient (Wildman–Crippen LogP) is 2.73. The molecule has 0 saturated carbocycles. The topological polar surface area (TPSA) is 54.4 Å². The first kappa shape index (κ1) is 13.9. The first-order valence-corrected chi connectivity index (χ1v) is 6.66. The first-order chi connectivity index (χ1) is 6.10. The Morgan fingerprint density at radius 2 is 1.79 bits per heavy atom. The van der Waals surface area contributed by atoms with E-state index in [4.69, 9.17) is 4.55 Å². The maximum absolute atomic E-state index is 10.6. The minimum atomic E-state index is -3.79. The molecule has 0 bridgehead atoms. The van der Waals surface area contributed by atoms with Crippen LogP contribution in [0.4, 0.5) is 0 Å². The van der Waals surface area contributed by atoms with E-state index in [1.165, 1.54) is 0 Å². The van der Waals surface area contributed by atoms with Gasteiger partial charge < -0.3 is 0 Å². The summed E-state index contributed by atoms with van der Waals surface area (Å²) < 4.78 is 29.7. The molecule has 4 heteroatoms. The lowest BCUT2D eigenvalue weighted by atomic mass is 9.88. The van der Waals surface area contributed by atoms with Gasteiger partial charge in [0.05, 0.1) is 5.75 Å². The van der Waals surface area contributed by atoms with E-state index in [1.807, 2.05) is 6.92 Å². The third kappa shape index (κ3) is 9.99. The summed E-state index contributed by atoms with van der Waals surface area (Å²) in [5, 5.41) is 0. The van der Waals surface area contributed by atoms with Gasteiger partial charge in [-0.2, -0.15) is 8.42 Å². The Balaban J connectivity index is 3.71. The third-order valence-corrected chi connectivity index (χ3v) is 3.11. The molecule has 0 aliphatic carbocycles. The van der Waals surface area contributed by atoms with E-state index in [0.29, 0.717) is 5.41 Å². The van der Waals surface area contributed by atoms with E-state index in [-0.39, 0.29) is 11.7 Å². The fourth-order valence-corrected chi connectivity index (χ4v) is 2.31. The van der Waals surface area contributed by atoms with E-state index >= 15 is 0 Å². The van der Waals surface area contributed by atoms with Crippen LogP contribution in [0.3, 0.4) is 0 Å². The molecule has 1 atom stereocenters. The monoisotopic (exact) mass is 222 g/mol. The number of hydrogen-bond acceptors (Lipinski definition) is 2. The second-order valence-electron chi connectivity index (χ2n) is 5.31. The second kappa shape index (κ2) is 5.12. The molecule has 0 amide bonds. The van der Waals surface area contributed by atoms with Crippen molar-refractivity contribution in [3.8, 4) is 0 Å². The Morgan fingerprint density at radius 1 is 1.29 bits per heavy atom. The van der Waals surface area contributed by atoms with Gasteiger partial charge in [0.15, 0.2) is 0 Å². The molecule has 0 saturated heterocycles. The third-order valence-electron chi connectivity index (χ3n) is 2.12. The summed E-state index contributed by atoms with van der Waals surface area (Å²) in [5.41, 5.74) is 0.303. The normalized spacial score (nSPS) is 15.5. The molecule has 0 aliphatic heterocycles. The van der Waals surface area contributed by atoms with Crippen molar-refractivity contribution in [3.05, 3.63) is 0 Å². The van der Waals surface area contributed by atoms with Crippen LogP contribution in [0.25, 0.3) is 0 Å². The van der Waals surface area contributed by atoms with Crippen LogP contribution in [0.2, 0.25) is 0 Å². The van der Waals surface area contributed by atoms with Crippen molar-refractivity contribution in [1.29, 1.82) is 0 Å². The average Bonchev–Trinajstić information content (AvgIpc) is 1.78. The van der Waals surface area contributed by atoms with Crippen LogP contribution in [0, 0.1) is 11.3 Å². The Hall–Kier alpha value is -0.0900. The summed E-state index contributed by atoms with van der Waals surface area (Å²) in [6.45, 7) is 8.36. The van der Waals surface area contributed by atoms with Crippen molar-refractivity contribution >= 4 is 10.1 Å². The highest BCUT2D eigenvalue weighted by Crippen LogP contribution is 2.23. The fourth-order valence-electron chi connectivity index (χ4n) is 1.42. The lowest BCUT2D eigenvalue weighted by molar-refractivity contribution is 0.346. The highest BCUT2D eigenvalue weighted by Gasteiger charge is 2.14. The van der Waals surface area contributed by atoms with Crippen LogP contribution >= 0.6 is 0 Å². The summed E-state index contributed by atoms with van der Waals surface area (Å²) in [7, 11) is -3.79. The molecule has 0 aromatic rings. The van der Waals surface area contributed by atoms with Crippen LogP contribution in [0.5, 0.6) is 0 Å². The van der Waals surface area contributed by atoms with Crippen LogP contribution in [0.15, 0.2) is 0 Å². The summed E-state index contributed by atoms with van der Waals surface area (Å²) in [6.07, 6.45) is 2.96. The zero-order valence-corrected chi connectivity index (χ0v) is 10.4. The Kier molecular flexibility index (Phi) is 5.09. The molecule has 0 aromatic heterocycles. The minimum Gasteiger partial charge on any atom is -0.286 e. The van der Waals surface area contributed by atoms with Crippen LogP contribution in [-0.2, 0) is 10.1 Å². The smallest absolute Gasteiger partial charge is 0.265 e. The van der Waals surface area contributed by atoms with Gasteiger partial charge in [-0.05, 0) is 24.2 Å². The van der Waals surface area contributed by atoms with Gasteiger partial charge in [-0.15, -0.1) is 0 Å². The van der Waals surface area contributed by atoms with E-state index in [0.717, 1.165) is 19.3 Å². The molecule has 0 fully saturated rings. The van der Waals surface area contributed by atoms with Gasteiger partial charge in [-0.25, -0.2) is 0 Å². The van der Waals surface area contributed by atoms with Gasteiger partial charge in [0.1, 0.15) is 0 Å². The molecular formula is C10H22O3S. The molecule has 0 spiro atoms. The molecule has 0 rings (SSSR count). The molecule has 14 heavy (non-hydrogen) atoms. The molecule has 3 nitrogen and oxygen atoms in total. The average molecular weight is 222 g/mol. The van der Waals surface area contributed by atoms with E-state index in [2.05, 4.69) is 20.8 Å². The van der Waals surface area contributed by atoms with Crippen molar-refractivity contribution in [1.82, 2.24) is 0 Å². The van der Waals surface area contributed by atoms with E-state index in [1.54, 1.807) is 0 Å². The van der Waals surface area contributed by atoms with Crippen LogP contribution in [0.1, 0.15) is 47.0 Å². The largest absolute Gasteiger partial charge is 0.286 e. The molecule has 0 aliphatic rings. The number of hydrogen-bond donors (Lipinski definition) is 1. The van der Waals surface area contributed by atoms with Crippen molar-refractivity contribution in [2.24, 2.45) is 11.3 Å². The SMILES string of the molecule is CC(CCCC(C)(C)C)CS(=O)(=O)O. The molecular weight excluding hydrogens is 200 g/mol. The van der Waals surface area contributed by atoms with Crippen LogP contribution < -0.4 is 0 Å². The summed E-state index contributed by atoms with van der Waals surface area (Å²) in [4.78, 5) is 0. The number of rotatable bonds is 5. The summed E-state index contributed by atoms with van der Waals surface area (Å²) >= 11 is 0. The maximum atomic E-state index is 10.6. The molecule has 0 heterocycles. The predicted molar refractivity (Wildman–Crippen MR) is 58.9 cm³/mol.